The van der Waals surface area contributed by atoms with Gasteiger partial charge in [-0.1, -0.05) is 0 Å². The highest BCUT2D eigenvalue weighted by Gasteiger charge is 2.31. The fourth-order valence-corrected chi connectivity index (χ4v) is 2.20. The molecule has 0 radical (unpaired) electrons. The summed E-state index contributed by atoms with van der Waals surface area (Å²) in [6, 6.07) is 0. The zero-order valence-corrected chi connectivity index (χ0v) is 7.52. The summed E-state index contributed by atoms with van der Waals surface area (Å²) >= 11 is 0. The molecule has 1 saturated heterocycles. The monoisotopic (exact) mass is 178 g/mol. The summed E-state index contributed by atoms with van der Waals surface area (Å²) < 4.78 is 23.4. The third-order valence-electron chi connectivity index (χ3n) is 1.83. The zero-order valence-electron chi connectivity index (χ0n) is 6.71. The van der Waals surface area contributed by atoms with Crippen molar-refractivity contribution in [3.8, 4) is 0 Å². The van der Waals surface area contributed by atoms with E-state index in [9.17, 15) is 8.42 Å². The van der Waals surface area contributed by atoms with Gasteiger partial charge in [0, 0.05) is 13.1 Å². The second-order valence-corrected chi connectivity index (χ2v) is 4.76. The van der Waals surface area contributed by atoms with Gasteiger partial charge in [0.1, 0.15) is 0 Å². The second-order valence-electron chi connectivity index (χ2n) is 2.67. The van der Waals surface area contributed by atoms with Gasteiger partial charge >= 0.3 is 0 Å². The first-order chi connectivity index (χ1) is 5.17. The van der Waals surface area contributed by atoms with Crippen LogP contribution in [-0.4, -0.2) is 45.2 Å². The van der Waals surface area contributed by atoms with Gasteiger partial charge in [0.15, 0.2) is 0 Å². The summed E-state index contributed by atoms with van der Waals surface area (Å²) in [6.45, 7) is 2.27. The molecule has 0 aromatic carbocycles. The van der Waals surface area contributed by atoms with Gasteiger partial charge in [0.2, 0.25) is 10.0 Å². The van der Waals surface area contributed by atoms with Crippen LogP contribution in [0, 0.1) is 0 Å². The molecule has 0 aromatic rings. The van der Waals surface area contributed by atoms with Crippen LogP contribution in [0.1, 0.15) is 6.42 Å². The zero-order chi connectivity index (χ0) is 8.32. The maximum absolute atomic E-state index is 10.9. The average molecular weight is 178 g/mol. The van der Waals surface area contributed by atoms with E-state index < -0.39 is 10.0 Å². The Kier molecular flexibility index (Phi) is 2.86. The molecule has 1 fully saturated rings. The normalized spacial score (nSPS) is 23.0. The standard InChI is InChI=1S/C6H14N2O2S/c1-7-3-2-4-8-5-6-11(8,9)10/h7H,2-6H2,1H3. The lowest BCUT2D eigenvalue weighted by atomic mass is 10.4. The van der Waals surface area contributed by atoms with Crippen LogP contribution in [0.2, 0.25) is 0 Å². The van der Waals surface area contributed by atoms with Crippen molar-refractivity contribution in [2.75, 3.05) is 32.4 Å². The topological polar surface area (TPSA) is 49.4 Å². The minimum atomic E-state index is -2.80. The molecule has 5 heteroatoms. The number of hydrogen-bond donors (Lipinski definition) is 1. The van der Waals surface area contributed by atoms with Gasteiger partial charge in [-0.15, -0.1) is 0 Å². The molecule has 0 atom stereocenters. The van der Waals surface area contributed by atoms with Gasteiger partial charge in [0.25, 0.3) is 0 Å². The predicted octanol–water partition coefficient (Wildman–Crippen LogP) is -0.759. The number of nitrogens with one attached hydrogen (secondary N) is 1. The maximum Gasteiger partial charge on any atom is 0.215 e. The highest BCUT2D eigenvalue weighted by molar-refractivity contribution is 7.90. The lowest BCUT2D eigenvalue weighted by Crippen LogP contribution is -2.48. The Morgan fingerprint density at radius 3 is 2.64 bits per heavy atom. The smallest absolute Gasteiger partial charge is 0.215 e. The van der Waals surface area contributed by atoms with Crippen LogP contribution in [-0.2, 0) is 10.0 Å². The lowest BCUT2D eigenvalue weighted by molar-refractivity contribution is 0.377. The maximum atomic E-state index is 10.9. The third kappa shape index (κ3) is 2.15. The molecular weight excluding hydrogens is 164 g/mol. The van der Waals surface area contributed by atoms with Crippen LogP contribution in [0.3, 0.4) is 0 Å². The van der Waals surface area contributed by atoms with E-state index in [1.807, 2.05) is 7.05 Å². The Morgan fingerprint density at radius 1 is 1.55 bits per heavy atom. The number of hydrogen-bond acceptors (Lipinski definition) is 3. The SMILES string of the molecule is CNCCCN1CCS1(=O)=O. The molecule has 0 spiro atoms. The summed E-state index contributed by atoms with van der Waals surface area (Å²) in [5.41, 5.74) is 0. The van der Waals surface area contributed by atoms with E-state index >= 15 is 0 Å². The predicted molar refractivity (Wildman–Crippen MR) is 43.9 cm³/mol. The van der Waals surface area contributed by atoms with Crippen molar-refractivity contribution < 1.29 is 8.42 Å². The Labute approximate surface area is 67.6 Å². The molecule has 4 nitrogen and oxygen atoms in total. The van der Waals surface area contributed by atoms with Crippen molar-refractivity contribution in [2.45, 2.75) is 6.42 Å². The molecule has 0 amide bonds. The molecule has 0 unspecified atom stereocenters. The molecule has 1 aliphatic heterocycles. The van der Waals surface area contributed by atoms with Crippen molar-refractivity contribution >= 4 is 10.0 Å². The van der Waals surface area contributed by atoms with E-state index in [0.717, 1.165) is 13.0 Å². The first-order valence-corrected chi connectivity index (χ1v) is 5.40. The average Bonchev–Trinajstić information content (AvgIpc) is 1.96. The Balaban J connectivity index is 2.19. The molecule has 66 valence electrons. The van der Waals surface area contributed by atoms with Crippen LogP contribution in [0.15, 0.2) is 0 Å². The van der Waals surface area contributed by atoms with Gasteiger partial charge in [-0.2, -0.15) is 0 Å². The first-order valence-electron chi connectivity index (χ1n) is 3.79. The van der Waals surface area contributed by atoms with E-state index in [1.54, 1.807) is 0 Å². The Morgan fingerprint density at radius 2 is 2.27 bits per heavy atom. The first kappa shape index (κ1) is 8.96. The van der Waals surface area contributed by atoms with Crippen LogP contribution < -0.4 is 5.32 Å². The Bertz CT molecular complexity index is 213. The number of nitrogens with zero attached hydrogens (tertiary/aromatic N) is 1. The van der Waals surface area contributed by atoms with Gasteiger partial charge in [-0.3, -0.25) is 0 Å². The molecular formula is C6H14N2O2S. The third-order valence-corrected chi connectivity index (χ3v) is 3.68. The fourth-order valence-electron chi connectivity index (χ4n) is 1.05. The van der Waals surface area contributed by atoms with Crippen molar-refractivity contribution in [3.63, 3.8) is 0 Å². The Hall–Kier alpha value is -0.130. The molecule has 0 aromatic heterocycles. The molecule has 1 rings (SSSR count). The number of rotatable bonds is 4. The van der Waals surface area contributed by atoms with E-state index in [-0.39, 0.29) is 0 Å². The largest absolute Gasteiger partial charge is 0.320 e. The minimum Gasteiger partial charge on any atom is -0.320 e. The number of sulfonamides is 1. The highest BCUT2D eigenvalue weighted by atomic mass is 32.2. The van der Waals surface area contributed by atoms with Crippen molar-refractivity contribution in [3.05, 3.63) is 0 Å². The van der Waals surface area contributed by atoms with Crippen molar-refractivity contribution in [1.82, 2.24) is 9.62 Å². The van der Waals surface area contributed by atoms with Crippen LogP contribution in [0.25, 0.3) is 0 Å². The summed E-state index contributed by atoms with van der Waals surface area (Å²) in [5.74, 6) is 0.340. The quantitative estimate of drug-likeness (QED) is 0.576. The summed E-state index contributed by atoms with van der Waals surface area (Å²) in [7, 11) is -0.931. The second kappa shape index (κ2) is 3.51. The van der Waals surface area contributed by atoms with E-state index in [1.165, 1.54) is 4.31 Å². The van der Waals surface area contributed by atoms with Gasteiger partial charge in [-0.05, 0) is 20.0 Å². The van der Waals surface area contributed by atoms with Gasteiger partial charge in [-0.25, -0.2) is 12.7 Å². The summed E-state index contributed by atoms with van der Waals surface area (Å²) in [4.78, 5) is 0. The molecule has 1 aliphatic rings. The van der Waals surface area contributed by atoms with Crippen LogP contribution >= 0.6 is 0 Å². The minimum absolute atomic E-state index is 0.340. The van der Waals surface area contributed by atoms with Crippen molar-refractivity contribution in [2.24, 2.45) is 0 Å². The van der Waals surface area contributed by atoms with E-state index in [2.05, 4.69) is 5.32 Å². The van der Waals surface area contributed by atoms with Gasteiger partial charge in [0.05, 0.1) is 5.75 Å². The lowest BCUT2D eigenvalue weighted by Gasteiger charge is -2.29. The molecule has 0 bridgehead atoms. The van der Waals surface area contributed by atoms with Crippen LogP contribution in [0.5, 0.6) is 0 Å². The molecule has 1 N–H and O–H groups in total. The van der Waals surface area contributed by atoms with Crippen molar-refractivity contribution in [1.29, 1.82) is 0 Å². The summed E-state index contributed by atoms with van der Waals surface area (Å²) in [6.07, 6.45) is 0.899. The molecule has 0 saturated carbocycles. The molecule has 1 heterocycles. The fraction of sp³-hybridized carbons (Fsp3) is 1.00. The van der Waals surface area contributed by atoms with Gasteiger partial charge < -0.3 is 5.32 Å². The van der Waals surface area contributed by atoms with E-state index in [4.69, 9.17) is 0 Å². The van der Waals surface area contributed by atoms with Crippen LogP contribution in [0.4, 0.5) is 0 Å². The summed E-state index contributed by atoms with van der Waals surface area (Å²) in [5, 5.41) is 2.98. The molecule has 11 heavy (non-hydrogen) atoms. The highest BCUT2D eigenvalue weighted by Crippen LogP contribution is 2.12. The molecule has 0 aliphatic carbocycles. The van der Waals surface area contributed by atoms with E-state index in [0.29, 0.717) is 18.8 Å².